The second-order valence-electron chi connectivity index (χ2n) is 41.4. The molecule has 18 atom stereocenters. The number of fused-ring (bicyclic) bond motifs is 20. The molecule has 0 aromatic heterocycles. The monoisotopic (exact) mass is 1430 g/mol. The Morgan fingerprint density at radius 3 is 1.15 bits per heavy atom. The number of hydrogen-bond donors (Lipinski definition) is 6. The fraction of sp³-hybridized carbons (Fsp3) is 0.745. The molecule has 6 N–H and O–H groups in total. The van der Waals surface area contributed by atoms with E-state index in [1.54, 1.807) is 33.0 Å². The average molecular weight is 1430 g/mol. The van der Waals surface area contributed by atoms with Crippen LogP contribution < -0.4 is 18.9 Å². The van der Waals surface area contributed by atoms with Crippen LogP contribution in [0.2, 0.25) is 0 Å². The molecule has 0 bridgehead atoms. The van der Waals surface area contributed by atoms with Crippen LogP contribution in [0.15, 0.2) is 30.3 Å². The minimum absolute atomic E-state index is 0.0139. The first-order valence-electron chi connectivity index (χ1n) is 41.6. The van der Waals surface area contributed by atoms with Crippen molar-refractivity contribution in [2.24, 2.45) is 90.7 Å². The SMILES string of the molecule is CCc1cc(O)c(O)c2c1[C@]1(C)CCC3C(C)(C)CCC[C@]3(C)[C@H]1C2.CCc1cc(OC)c(OC)c2c1[C@]1(C)CCC3C(C)(C)CCC[C@]3(C)[C@H]1C2.COc1cc2c(cc1OC)[C@]1(C)CCC3C(C)(C)CCC[C@]3(C)[C@H]1C(O)C2O.Cc1cc(O)c(O)c2c1[C@]1(C)CCC3C(C)(C)CCC[C@]3(C)[C@H]1C2. The molecule has 104 heavy (non-hydrogen) atoms. The summed E-state index contributed by atoms with van der Waals surface area (Å²) in [5.41, 5.74) is 16.7. The zero-order chi connectivity index (χ0) is 75.8. The van der Waals surface area contributed by atoms with Crippen LogP contribution in [0, 0.1) is 97.6 Å². The van der Waals surface area contributed by atoms with Gasteiger partial charge in [0.15, 0.2) is 46.0 Å². The van der Waals surface area contributed by atoms with Gasteiger partial charge in [0.25, 0.3) is 0 Å². The Bertz CT molecular complexity index is 3950. The van der Waals surface area contributed by atoms with Gasteiger partial charge in [-0.2, -0.15) is 0 Å². The highest BCUT2D eigenvalue weighted by molar-refractivity contribution is 5.63. The summed E-state index contributed by atoms with van der Waals surface area (Å²) in [5.74, 6) is 8.45. The lowest BCUT2D eigenvalue weighted by atomic mass is 9.40. The van der Waals surface area contributed by atoms with E-state index in [9.17, 15) is 30.6 Å². The molecule has 6 unspecified atom stereocenters. The van der Waals surface area contributed by atoms with Crippen molar-refractivity contribution in [1.29, 1.82) is 0 Å². The largest absolute Gasteiger partial charge is 0.504 e. The number of aromatic hydroxyl groups is 4. The van der Waals surface area contributed by atoms with E-state index in [1.807, 2.05) is 25.3 Å². The Labute approximate surface area is 628 Å². The number of aliphatic hydroxyl groups is 2. The molecule has 10 heteroatoms. The summed E-state index contributed by atoms with van der Waals surface area (Å²) in [5, 5.41) is 64.1. The zero-order valence-electron chi connectivity index (χ0n) is 69.2. The molecular weight excluding hydrogens is 1290 g/mol. The third-order valence-corrected chi connectivity index (χ3v) is 34.8. The predicted molar refractivity (Wildman–Crippen MR) is 421 cm³/mol. The summed E-state index contributed by atoms with van der Waals surface area (Å²) < 4.78 is 22.7. The van der Waals surface area contributed by atoms with Crippen molar-refractivity contribution in [3.8, 4) is 46.0 Å². The van der Waals surface area contributed by atoms with Crippen molar-refractivity contribution in [3.05, 3.63) is 91.5 Å². The smallest absolute Gasteiger partial charge is 0.164 e. The van der Waals surface area contributed by atoms with Gasteiger partial charge in [-0.1, -0.05) is 150 Å². The number of phenolic OH excluding ortho intramolecular Hbond substituents is 4. The first kappa shape index (κ1) is 77.4. The van der Waals surface area contributed by atoms with E-state index < -0.39 is 12.2 Å². The summed E-state index contributed by atoms with van der Waals surface area (Å²) in [4.78, 5) is 0. The number of hydrogen-bond acceptors (Lipinski definition) is 10. The molecule has 0 amide bonds. The number of methoxy groups -OCH3 is 4. The molecule has 12 aliphatic rings. The van der Waals surface area contributed by atoms with E-state index in [-0.39, 0.29) is 61.4 Å². The van der Waals surface area contributed by atoms with Crippen molar-refractivity contribution in [2.75, 3.05) is 28.4 Å². The second kappa shape index (κ2) is 26.2. The van der Waals surface area contributed by atoms with Gasteiger partial charge >= 0.3 is 0 Å². The molecule has 0 aliphatic heterocycles. The van der Waals surface area contributed by atoms with E-state index in [2.05, 4.69) is 138 Å². The van der Waals surface area contributed by atoms with Crippen LogP contribution >= 0.6 is 0 Å². The van der Waals surface area contributed by atoms with E-state index in [1.165, 1.54) is 137 Å². The quantitative estimate of drug-likeness (QED) is 0.103. The molecule has 10 nitrogen and oxygen atoms in total. The van der Waals surface area contributed by atoms with Crippen LogP contribution in [0.5, 0.6) is 46.0 Å². The fourth-order valence-corrected chi connectivity index (χ4v) is 30.6. The summed E-state index contributed by atoms with van der Waals surface area (Å²) in [6.45, 7) is 46.1. The number of ether oxygens (including phenoxy) is 4. The summed E-state index contributed by atoms with van der Waals surface area (Å²) >= 11 is 0. The van der Waals surface area contributed by atoms with Gasteiger partial charge in [-0.05, 0) is 323 Å². The minimum Gasteiger partial charge on any atom is -0.504 e. The fourth-order valence-electron chi connectivity index (χ4n) is 30.6. The molecule has 4 aromatic carbocycles. The number of benzene rings is 4. The summed E-state index contributed by atoms with van der Waals surface area (Å²) in [6.07, 6.45) is 28.9. The zero-order valence-corrected chi connectivity index (χ0v) is 69.2. The van der Waals surface area contributed by atoms with Gasteiger partial charge in [-0.3, -0.25) is 0 Å². The molecule has 8 fully saturated rings. The lowest BCUT2D eigenvalue weighted by Gasteiger charge is -2.65. The highest BCUT2D eigenvalue weighted by Gasteiger charge is 2.67. The molecule has 0 radical (unpaired) electrons. The lowest BCUT2D eigenvalue weighted by molar-refractivity contribution is -0.175. The third-order valence-electron chi connectivity index (χ3n) is 34.8. The standard InChI is InChI=1S/C25H38O2.C24H36O4.C23H34O2.C22H32O2/c1-8-16-14-18(26-6)22(27-7)17-15-20-24(4)12-9-11-23(2,3)19(24)10-13-25(20,5)21(16)17;1-22(2)9-7-10-24(4)18(22)8-11-23(3)15-13-17(28-6)16(27-5)12-14(15)19(25)20(26)21(23)24;1-6-14-12-16(24)20(25)15-13-18-22(4)10-7-9-21(2,3)17(22)8-11-23(18,5)19(14)15;1-13-11-15(23)19(24)14-12-17-21(4)9-6-8-20(2,3)16(21)7-10-22(17,5)18(13)14/h14,19-20H,8-13,15H2,1-7H3;12-13,18-21,25-26H,7-11H2,1-6H3;12,17-18,24-25H,6-11,13H2,1-5H3;11,16-17,23-24H,6-10,12H2,1-5H3/t19?,20-,24+,25-;18?,19?,20?,21-,23-,24-;17?,18-,22+,23-;16?,17-,21+,22-/m1011/s1. The van der Waals surface area contributed by atoms with Gasteiger partial charge in [0.05, 0.1) is 34.5 Å². The van der Waals surface area contributed by atoms with Gasteiger partial charge in [0, 0.05) is 22.6 Å². The van der Waals surface area contributed by atoms with Gasteiger partial charge in [-0.15, -0.1) is 0 Å². The molecule has 0 spiro atoms. The van der Waals surface area contributed by atoms with Crippen LogP contribution in [-0.4, -0.2) is 65.2 Å². The number of aliphatic hydroxyl groups excluding tert-OH is 2. The van der Waals surface area contributed by atoms with E-state index in [4.69, 9.17) is 18.9 Å². The topological polar surface area (TPSA) is 158 Å². The number of aryl methyl sites for hydroxylation is 3. The Hall–Kier alpha value is -4.80. The molecule has 576 valence electrons. The first-order chi connectivity index (χ1) is 48.6. The molecule has 12 aliphatic carbocycles. The van der Waals surface area contributed by atoms with Gasteiger partial charge in [-0.25, -0.2) is 0 Å². The Kier molecular flexibility index (Phi) is 19.5. The predicted octanol–water partition coefficient (Wildman–Crippen LogP) is 22.1. The van der Waals surface area contributed by atoms with Gasteiger partial charge in [0.2, 0.25) is 0 Å². The maximum absolute atomic E-state index is 11.4. The molecular formula is C94H140O10. The molecule has 16 rings (SSSR count). The van der Waals surface area contributed by atoms with E-state index in [0.29, 0.717) is 67.7 Å². The Morgan fingerprint density at radius 2 is 0.731 bits per heavy atom. The van der Waals surface area contributed by atoms with Crippen molar-refractivity contribution in [3.63, 3.8) is 0 Å². The maximum Gasteiger partial charge on any atom is 0.164 e. The van der Waals surface area contributed by atoms with E-state index in [0.717, 1.165) is 108 Å². The number of rotatable bonds is 6. The highest BCUT2D eigenvalue weighted by atomic mass is 16.5. The van der Waals surface area contributed by atoms with Crippen molar-refractivity contribution in [2.45, 2.75) is 326 Å². The lowest BCUT2D eigenvalue weighted by Crippen LogP contribution is -2.62. The Balaban J connectivity index is 0.000000123. The second-order valence-corrected chi connectivity index (χ2v) is 41.4. The van der Waals surface area contributed by atoms with Crippen LogP contribution in [0.1, 0.15) is 320 Å². The van der Waals surface area contributed by atoms with E-state index >= 15 is 0 Å². The third kappa shape index (κ3) is 11.2. The van der Waals surface area contributed by atoms with Gasteiger partial charge < -0.3 is 49.6 Å². The van der Waals surface area contributed by atoms with Crippen molar-refractivity contribution >= 4 is 0 Å². The number of phenols is 4. The van der Waals surface area contributed by atoms with Crippen LogP contribution in [-0.2, 0) is 53.8 Å². The summed E-state index contributed by atoms with van der Waals surface area (Å²) in [6, 6.07) is 9.75. The Morgan fingerprint density at radius 1 is 0.375 bits per heavy atom. The van der Waals surface area contributed by atoms with Crippen LogP contribution in [0.3, 0.4) is 0 Å². The maximum atomic E-state index is 11.4. The normalized spacial score (nSPS) is 39.2. The minimum atomic E-state index is -0.895. The van der Waals surface area contributed by atoms with Gasteiger partial charge in [0.1, 0.15) is 6.10 Å². The molecule has 4 aromatic rings. The van der Waals surface area contributed by atoms with Crippen LogP contribution in [0.4, 0.5) is 0 Å². The molecule has 8 saturated carbocycles. The average Bonchev–Trinajstić information content (AvgIpc) is 1.33. The first-order valence-corrected chi connectivity index (χ1v) is 41.6. The van der Waals surface area contributed by atoms with Crippen LogP contribution in [0.25, 0.3) is 0 Å². The summed E-state index contributed by atoms with van der Waals surface area (Å²) in [7, 11) is 6.84. The van der Waals surface area contributed by atoms with Crippen molar-refractivity contribution < 1.29 is 49.6 Å². The molecule has 0 heterocycles. The highest BCUT2D eigenvalue weighted by Crippen LogP contribution is 2.74. The van der Waals surface area contributed by atoms with Crippen molar-refractivity contribution in [1.82, 2.24) is 0 Å². The molecule has 0 saturated heterocycles.